The van der Waals surface area contributed by atoms with E-state index in [0.29, 0.717) is 12.5 Å². The quantitative estimate of drug-likeness (QED) is 0.824. The minimum atomic E-state index is -0.896. The predicted molar refractivity (Wildman–Crippen MR) is 88.9 cm³/mol. The summed E-state index contributed by atoms with van der Waals surface area (Å²) in [6.45, 7) is 6.12. The summed E-state index contributed by atoms with van der Waals surface area (Å²) < 4.78 is 0. The van der Waals surface area contributed by atoms with E-state index in [0.717, 1.165) is 11.3 Å². The second-order valence-corrected chi connectivity index (χ2v) is 6.76. The lowest BCUT2D eigenvalue weighted by atomic mass is 10.1. The number of rotatable bonds is 5. The smallest absolute Gasteiger partial charge is 0.262 e. The van der Waals surface area contributed by atoms with Crippen LogP contribution in [0.15, 0.2) is 12.1 Å². The lowest BCUT2D eigenvalue weighted by Gasteiger charge is -2.21. The van der Waals surface area contributed by atoms with Crippen LogP contribution < -0.4 is 5.32 Å². The average molecular weight is 357 g/mol. The molecular weight excluding hydrogens is 339 g/mol. The van der Waals surface area contributed by atoms with Crippen LogP contribution in [-0.4, -0.2) is 35.2 Å². The highest BCUT2D eigenvalue weighted by atomic mass is 35.5. The first-order valence-corrected chi connectivity index (χ1v) is 8.14. The van der Waals surface area contributed by atoms with Crippen LogP contribution in [0, 0.1) is 5.92 Å². The molecular formula is C16H18Cl2N2O3. The van der Waals surface area contributed by atoms with Crippen molar-refractivity contribution in [3.05, 3.63) is 33.3 Å². The number of carbonyl (C=O) groups excluding carboxylic acids is 3. The number of nitrogens with zero attached hydrogens (tertiary/aromatic N) is 1. The average Bonchev–Trinajstić information content (AvgIpc) is 2.70. The van der Waals surface area contributed by atoms with Crippen LogP contribution in [0.5, 0.6) is 0 Å². The number of imide groups is 1. The van der Waals surface area contributed by atoms with E-state index in [2.05, 4.69) is 5.32 Å². The van der Waals surface area contributed by atoms with E-state index in [-0.39, 0.29) is 27.1 Å². The maximum absolute atomic E-state index is 12.4. The van der Waals surface area contributed by atoms with Gasteiger partial charge in [0.25, 0.3) is 11.8 Å². The molecule has 5 nitrogen and oxygen atoms in total. The maximum Gasteiger partial charge on any atom is 0.262 e. The topological polar surface area (TPSA) is 66.5 Å². The van der Waals surface area contributed by atoms with Gasteiger partial charge in [0.1, 0.15) is 6.04 Å². The first-order chi connectivity index (χ1) is 10.7. The van der Waals surface area contributed by atoms with Gasteiger partial charge in [-0.1, -0.05) is 37.0 Å². The molecule has 1 N–H and O–H groups in total. The number of hydrogen-bond donors (Lipinski definition) is 1. The molecule has 0 aromatic heterocycles. The molecule has 1 unspecified atom stereocenters. The van der Waals surface area contributed by atoms with Crippen molar-refractivity contribution in [3.63, 3.8) is 0 Å². The molecule has 0 fully saturated rings. The summed E-state index contributed by atoms with van der Waals surface area (Å²) in [5.41, 5.74) is 0.345. The molecule has 1 aliphatic heterocycles. The summed E-state index contributed by atoms with van der Waals surface area (Å²) >= 11 is 11.8. The highest BCUT2D eigenvalue weighted by molar-refractivity contribution is 6.43. The van der Waals surface area contributed by atoms with E-state index in [4.69, 9.17) is 23.2 Å². The van der Waals surface area contributed by atoms with E-state index < -0.39 is 17.9 Å². The van der Waals surface area contributed by atoms with E-state index >= 15 is 0 Å². The van der Waals surface area contributed by atoms with Crippen molar-refractivity contribution in [2.45, 2.75) is 33.2 Å². The van der Waals surface area contributed by atoms with Gasteiger partial charge in [0.15, 0.2) is 0 Å². The van der Waals surface area contributed by atoms with E-state index in [9.17, 15) is 14.4 Å². The zero-order chi connectivity index (χ0) is 17.3. The van der Waals surface area contributed by atoms with Crippen LogP contribution in [0.25, 0.3) is 0 Å². The summed E-state index contributed by atoms with van der Waals surface area (Å²) in [7, 11) is 0. The summed E-state index contributed by atoms with van der Waals surface area (Å²) in [4.78, 5) is 38.0. The highest BCUT2D eigenvalue weighted by Crippen LogP contribution is 2.32. The molecule has 1 aliphatic rings. The first-order valence-electron chi connectivity index (χ1n) is 7.38. The number of benzene rings is 1. The number of carbonyl (C=O) groups is 3. The molecule has 1 heterocycles. The van der Waals surface area contributed by atoms with Crippen molar-refractivity contribution < 1.29 is 14.4 Å². The Morgan fingerprint density at radius 1 is 1.09 bits per heavy atom. The second kappa shape index (κ2) is 6.89. The standard InChI is InChI=1S/C16H18Cl2N2O3/c1-8(2)4-5-19-14(21)9(3)20-15(22)10-6-12(17)13(18)7-11(10)16(20)23/h6-9H,4-5H2,1-3H3,(H,19,21). The van der Waals surface area contributed by atoms with Crippen molar-refractivity contribution in [1.82, 2.24) is 10.2 Å². The van der Waals surface area contributed by atoms with Gasteiger partial charge < -0.3 is 5.32 Å². The fraction of sp³-hybridized carbons (Fsp3) is 0.438. The monoisotopic (exact) mass is 356 g/mol. The van der Waals surface area contributed by atoms with Crippen molar-refractivity contribution in [1.29, 1.82) is 0 Å². The number of halogens is 2. The lowest BCUT2D eigenvalue weighted by molar-refractivity contribution is -0.124. The lowest BCUT2D eigenvalue weighted by Crippen LogP contribution is -2.48. The predicted octanol–water partition coefficient (Wildman–Crippen LogP) is 3.14. The Balaban J connectivity index is 2.17. The minimum Gasteiger partial charge on any atom is -0.354 e. The van der Waals surface area contributed by atoms with Crippen LogP contribution in [0.3, 0.4) is 0 Å². The third-order valence-corrected chi connectivity index (χ3v) is 4.47. The SMILES string of the molecule is CC(C)CCNC(=O)C(C)N1C(=O)c2cc(Cl)c(Cl)cc2C1=O. The maximum atomic E-state index is 12.4. The molecule has 0 radical (unpaired) electrons. The van der Waals surface area contributed by atoms with Gasteiger partial charge in [-0.15, -0.1) is 0 Å². The minimum absolute atomic E-state index is 0.172. The third-order valence-electron chi connectivity index (χ3n) is 3.75. The molecule has 0 spiro atoms. The Kier molecular flexibility index (Phi) is 5.32. The number of nitrogens with one attached hydrogen (secondary N) is 1. The Morgan fingerprint density at radius 3 is 2.00 bits per heavy atom. The molecule has 2 rings (SSSR count). The van der Waals surface area contributed by atoms with E-state index in [1.54, 1.807) is 0 Å². The molecule has 7 heteroatoms. The van der Waals surface area contributed by atoms with Gasteiger partial charge in [-0.05, 0) is 31.4 Å². The van der Waals surface area contributed by atoms with Gasteiger partial charge in [0.05, 0.1) is 21.2 Å². The van der Waals surface area contributed by atoms with Gasteiger partial charge in [-0.25, -0.2) is 0 Å². The van der Waals surface area contributed by atoms with E-state index in [1.165, 1.54) is 19.1 Å². The van der Waals surface area contributed by atoms with Gasteiger partial charge in [-0.3, -0.25) is 19.3 Å². The van der Waals surface area contributed by atoms with Gasteiger partial charge in [0.2, 0.25) is 5.91 Å². The first kappa shape index (κ1) is 17.8. The van der Waals surface area contributed by atoms with Crippen LogP contribution >= 0.6 is 23.2 Å². The molecule has 1 atom stereocenters. The van der Waals surface area contributed by atoms with Crippen LogP contribution in [-0.2, 0) is 4.79 Å². The number of hydrogen-bond acceptors (Lipinski definition) is 3. The Bertz CT molecular complexity index is 633. The fourth-order valence-electron chi connectivity index (χ4n) is 2.35. The van der Waals surface area contributed by atoms with Crippen LogP contribution in [0.1, 0.15) is 47.9 Å². The van der Waals surface area contributed by atoms with Crippen LogP contribution in [0.4, 0.5) is 0 Å². The summed E-state index contributed by atoms with van der Waals surface area (Å²) in [5, 5.41) is 3.14. The zero-order valence-electron chi connectivity index (χ0n) is 13.2. The van der Waals surface area contributed by atoms with Gasteiger partial charge in [-0.2, -0.15) is 0 Å². The molecule has 0 bridgehead atoms. The normalized spacial score (nSPS) is 15.1. The number of amides is 3. The number of fused-ring (bicyclic) bond motifs is 1. The zero-order valence-corrected chi connectivity index (χ0v) is 14.7. The molecule has 1 aromatic rings. The third kappa shape index (κ3) is 3.51. The summed E-state index contributed by atoms with van der Waals surface area (Å²) in [6, 6.07) is 1.83. The molecule has 0 saturated carbocycles. The summed E-state index contributed by atoms with van der Waals surface area (Å²) in [5.74, 6) is -0.975. The molecule has 3 amide bonds. The molecule has 124 valence electrons. The second-order valence-electron chi connectivity index (χ2n) is 5.94. The fourth-order valence-corrected chi connectivity index (χ4v) is 2.68. The Hall–Kier alpha value is -1.59. The van der Waals surface area contributed by atoms with E-state index in [1.807, 2.05) is 13.8 Å². The van der Waals surface area contributed by atoms with Gasteiger partial charge in [0, 0.05) is 6.54 Å². The van der Waals surface area contributed by atoms with Gasteiger partial charge >= 0.3 is 0 Å². The summed E-state index contributed by atoms with van der Waals surface area (Å²) in [6.07, 6.45) is 0.825. The van der Waals surface area contributed by atoms with Crippen molar-refractivity contribution in [2.75, 3.05) is 6.54 Å². The highest BCUT2D eigenvalue weighted by Gasteiger charge is 2.41. The molecule has 0 saturated heterocycles. The van der Waals surface area contributed by atoms with Crippen molar-refractivity contribution in [3.8, 4) is 0 Å². The molecule has 23 heavy (non-hydrogen) atoms. The Morgan fingerprint density at radius 2 is 1.57 bits per heavy atom. The van der Waals surface area contributed by atoms with Crippen molar-refractivity contribution >= 4 is 40.9 Å². The van der Waals surface area contributed by atoms with Crippen molar-refractivity contribution in [2.24, 2.45) is 5.92 Å². The molecule has 1 aromatic carbocycles. The largest absolute Gasteiger partial charge is 0.354 e. The molecule has 0 aliphatic carbocycles. The Labute approximate surface area is 144 Å². The van der Waals surface area contributed by atoms with Crippen LogP contribution in [0.2, 0.25) is 10.0 Å².